The Hall–Kier alpha value is -2.47. The molecule has 110 valence electrons. The lowest BCUT2D eigenvalue weighted by Crippen LogP contribution is -2.14. The third-order valence-electron chi connectivity index (χ3n) is 4.19. The first kappa shape index (κ1) is 14.5. The first-order valence-corrected chi connectivity index (χ1v) is 7.67. The number of pyridine rings is 1. The number of Topliss-reactive ketones (excluding diaryl/α,β-unsaturated/α-hetero) is 1. The van der Waals surface area contributed by atoms with Crippen molar-refractivity contribution in [1.82, 2.24) is 4.98 Å². The molecule has 1 aliphatic carbocycles. The van der Waals surface area contributed by atoms with Gasteiger partial charge in [0.25, 0.3) is 0 Å². The van der Waals surface area contributed by atoms with Gasteiger partial charge in [0, 0.05) is 17.5 Å². The van der Waals surface area contributed by atoms with Crippen molar-refractivity contribution in [3.8, 4) is 17.3 Å². The van der Waals surface area contributed by atoms with Gasteiger partial charge in [-0.2, -0.15) is 5.26 Å². The van der Waals surface area contributed by atoms with Crippen LogP contribution in [-0.4, -0.2) is 10.8 Å². The summed E-state index contributed by atoms with van der Waals surface area (Å²) < 4.78 is 0. The Kier molecular flexibility index (Phi) is 3.77. The molecule has 1 aromatic heterocycles. The van der Waals surface area contributed by atoms with Crippen LogP contribution in [0.2, 0.25) is 0 Å². The Labute approximate surface area is 130 Å². The number of carbonyl (C=O) groups is 1. The van der Waals surface area contributed by atoms with Gasteiger partial charge in [-0.3, -0.25) is 9.78 Å². The smallest absolute Gasteiger partial charge is 0.164 e. The standard InChI is InChI=1S/C19H18N2O/c1-12(2)13-6-8-14(9-7-13)19-15(11-20)10-16-17(21-19)4-3-5-18(16)22/h6-10,12H,3-5H2,1-2H3. The number of ketones is 1. The molecule has 0 amide bonds. The second-order valence-corrected chi connectivity index (χ2v) is 6.04. The fourth-order valence-electron chi connectivity index (χ4n) is 2.87. The number of hydrogen-bond acceptors (Lipinski definition) is 3. The molecule has 3 nitrogen and oxygen atoms in total. The number of rotatable bonds is 2. The molecule has 0 aliphatic heterocycles. The zero-order valence-corrected chi connectivity index (χ0v) is 12.9. The molecule has 0 spiro atoms. The van der Waals surface area contributed by atoms with Crippen molar-refractivity contribution in [1.29, 1.82) is 5.26 Å². The molecule has 1 heterocycles. The number of hydrogen-bond donors (Lipinski definition) is 0. The molecular formula is C19H18N2O. The molecule has 0 N–H and O–H groups in total. The lowest BCUT2D eigenvalue weighted by molar-refractivity contribution is 0.0971. The summed E-state index contributed by atoms with van der Waals surface area (Å²) in [6.07, 6.45) is 2.21. The Morgan fingerprint density at radius 3 is 2.55 bits per heavy atom. The highest BCUT2D eigenvalue weighted by Crippen LogP contribution is 2.28. The van der Waals surface area contributed by atoms with Gasteiger partial charge in [0.2, 0.25) is 0 Å². The summed E-state index contributed by atoms with van der Waals surface area (Å²) in [6.45, 7) is 4.30. The summed E-state index contributed by atoms with van der Waals surface area (Å²) in [7, 11) is 0. The number of aryl methyl sites for hydroxylation is 1. The van der Waals surface area contributed by atoms with E-state index in [1.54, 1.807) is 6.07 Å². The maximum Gasteiger partial charge on any atom is 0.164 e. The summed E-state index contributed by atoms with van der Waals surface area (Å²) in [4.78, 5) is 16.6. The minimum atomic E-state index is 0.104. The average molecular weight is 290 g/mol. The summed E-state index contributed by atoms with van der Waals surface area (Å²) >= 11 is 0. The van der Waals surface area contributed by atoms with Gasteiger partial charge in [-0.25, -0.2) is 0 Å². The van der Waals surface area contributed by atoms with E-state index in [4.69, 9.17) is 0 Å². The van der Waals surface area contributed by atoms with Crippen LogP contribution in [0, 0.1) is 11.3 Å². The molecule has 22 heavy (non-hydrogen) atoms. The van der Waals surface area contributed by atoms with Crippen molar-refractivity contribution in [3.05, 3.63) is 52.7 Å². The van der Waals surface area contributed by atoms with Gasteiger partial charge >= 0.3 is 0 Å². The van der Waals surface area contributed by atoms with E-state index in [0.29, 0.717) is 29.2 Å². The summed E-state index contributed by atoms with van der Waals surface area (Å²) in [5, 5.41) is 9.41. The first-order chi connectivity index (χ1) is 10.6. The number of fused-ring (bicyclic) bond motifs is 1. The van der Waals surface area contributed by atoms with E-state index in [1.165, 1.54) is 5.56 Å². The van der Waals surface area contributed by atoms with E-state index < -0.39 is 0 Å². The molecule has 0 saturated carbocycles. The molecule has 0 fully saturated rings. The number of benzene rings is 1. The van der Waals surface area contributed by atoms with Crippen LogP contribution in [0.5, 0.6) is 0 Å². The van der Waals surface area contributed by atoms with E-state index in [9.17, 15) is 10.1 Å². The van der Waals surface area contributed by atoms with Gasteiger partial charge < -0.3 is 0 Å². The van der Waals surface area contributed by atoms with Crippen LogP contribution in [0.1, 0.15) is 59.8 Å². The molecule has 0 radical (unpaired) electrons. The fourth-order valence-corrected chi connectivity index (χ4v) is 2.87. The second-order valence-electron chi connectivity index (χ2n) is 6.04. The highest BCUT2D eigenvalue weighted by Gasteiger charge is 2.21. The summed E-state index contributed by atoms with van der Waals surface area (Å²) in [5.74, 6) is 0.575. The maximum absolute atomic E-state index is 12.0. The quantitative estimate of drug-likeness (QED) is 0.830. The largest absolute Gasteiger partial charge is 0.294 e. The van der Waals surface area contributed by atoms with Gasteiger partial charge in [0.1, 0.15) is 6.07 Å². The topological polar surface area (TPSA) is 53.8 Å². The van der Waals surface area contributed by atoms with Crippen LogP contribution in [0.25, 0.3) is 11.3 Å². The molecule has 0 bridgehead atoms. The molecule has 0 saturated heterocycles. The number of aromatic nitrogens is 1. The van der Waals surface area contributed by atoms with Crippen molar-refractivity contribution >= 4 is 5.78 Å². The van der Waals surface area contributed by atoms with E-state index in [2.05, 4.69) is 37.0 Å². The Balaban J connectivity index is 2.10. The minimum absolute atomic E-state index is 0.104. The van der Waals surface area contributed by atoms with Crippen molar-refractivity contribution < 1.29 is 4.79 Å². The first-order valence-electron chi connectivity index (χ1n) is 7.67. The zero-order valence-electron chi connectivity index (χ0n) is 12.9. The van der Waals surface area contributed by atoms with Crippen LogP contribution >= 0.6 is 0 Å². The van der Waals surface area contributed by atoms with Gasteiger partial charge in [-0.15, -0.1) is 0 Å². The van der Waals surface area contributed by atoms with Crippen molar-refractivity contribution in [2.45, 2.75) is 39.0 Å². The Morgan fingerprint density at radius 1 is 1.18 bits per heavy atom. The van der Waals surface area contributed by atoms with Crippen molar-refractivity contribution in [2.24, 2.45) is 0 Å². The van der Waals surface area contributed by atoms with Gasteiger partial charge in [0.05, 0.1) is 17.0 Å². The fraction of sp³-hybridized carbons (Fsp3) is 0.316. The molecule has 1 aliphatic rings. The molecule has 2 aromatic rings. The van der Waals surface area contributed by atoms with Crippen LogP contribution in [0.4, 0.5) is 0 Å². The predicted octanol–water partition coefficient (Wildman–Crippen LogP) is 4.26. The van der Waals surface area contributed by atoms with Gasteiger partial charge in [0.15, 0.2) is 5.78 Å². The summed E-state index contributed by atoms with van der Waals surface area (Å²) in [6, 6.07) is 12.1. The number of nitriles is 1. The monoisotopic (exact) mass is 290 g/mol. The molecule has 1 aromatic carbocycles. The highest BCUT2D eigenvalue weighted by atomic mass is 16.1. The molecule has 0 atom stereocenters. The second kappa shape index (κ2) is 5.73. The Bertz CT molecular complexity index is 767. The third kappa shape index (κ3) is 2.53. The minimum Gasteiger partial charge on any atom is -0.294 e. The third-order valence-corrected chi connectivity index (χ3v) is 4.19. The highest BCUT2D eigenvalue weighted by molar-refractivity contribution is 5.98. The van der Waals surface area contributed by atoms with Crippen LogP contribution < -0.4 is 0 Å². The maximum atomic E-state index is 12.0. The normalized spacial score (nSPS) is 13.8. The number of nitrogens with zero attached hydrogens (tertiary/aromatic N) is 2. The number of carbonyl (C=O) groups excluding carboxylic acids is 1. The molecule has 3 rings (SSSR count). The SMILES string of the molecule is CC(C)c1ccc(-c2nc3c(cc2C#N)C(=O)CCC3)cc1. The lowest BCUT2D eigenvalue weighted by atomic mass is 9.91. The lowest BCUT2D eigenvalue weighted by Gasteiger charge is -2.16. The van der Waals surface area contributed by atoms with E-state index in [1.807, 2.05) is 12.1 Å². The molecule has 3 heteroatoms. The van der Waals surface area contributed by atoms with Crippen LogP contribution in [0.3, 0.4) is 0 Å². The summed E-state index contributed by atoms with van der Waals surface area (Å²) in [5.41, 5.74) is 4.82. The van der Waals surface area contributed by atoms with Crippen LogP contribution in [0.15, 0.2) is 30.3 Å². The predicted molar refractivity (Wildman–Crippen MR) is 85.7 cm³/mol. The Morgan fingerprint density at radius 2 is 1.91 bits per heavy atom. The van der Waals surface area contributed by atoms with Crippen molar-refractivity contribution in [3.63, 3.8) is 0 Å². The van der Waals surface area contributed by atoms with E-state index >= 15 is 0 Å². The molecule has 0 unspecified atom stereocenters. The van der Waals surface area contributed by atoms with Crippen LogP contribution in [-0.2, 0) is 6.42 Å². The molecular weight excluding hydrogens is 272 g/mol. The zero-order chi connectivity index (χ0) is 15.7. The van der Waals surface area contributed by atoms with Gasteiger partial charge in [-0.1, -0.05) is 38.1 Å². The average Bonchev–Trinajstić information content (AvgIpc) is 2.54. The van der Waals surface area contributed by atoms with E-state index in [-0.39, 0.29) is 5.78 Å². The van der Waals surface area contributed by atoms with Crippen molar-refractivity contribution in [2.75, 3.05) is 0 Å². The van der Waals surface area contributed by atoms with Gasteiger partial charge in [-0.05, 0) is 30.4 Å². The van der Waals surface area contributed by atoms with E-state index in [0.717, 1.165) is 24.1 Å².